The van der Waals surface area contributed by atoms with E-state index in [1.54, 1.807) is 11.0 Å². The van der Waals surface area contributed by atoms with Crippen LogP contribution in [0.15, 0.2) is 16.3 Å². The Morgan fingerprint density at radius 1 is 1.17 bits per heavy atom. The van der Waals surface area contributed by atoms with E-state index >= 15 is 0 Å². The van der Waals surface area contributed by atoms with Crippen LogP contribution in [0.2, 0.25) is 0 Å². The van der Waals surface area contributed by atoms with Crippen LogP contribution in [0, 0.1) is 5.92 Å². The number of hydrogen-bond acceptors (Lipinski definition) is 6. The summed E-state index contributed by atoms with van der Waals surface area (Å²) in [6.45, 7) is 5.14. The predicted octanol–water partition coefficient (Wildman–Crippen LogP) is 1.54. The van der Waals surface area contributed by atoms with Gasteiger partial charge in [-0.15, -0.1) is 11.3 Å². The van der Waals surface area contributed by atoms with Crippen molar-refractivity contribution in [3.63, 3.8) is 0 Å². The molecule has 11 heteroatoms. The van der Waals surface area contributed by atoms with Crippen LogP contribution in [-0.2, 0) is 19.6 Å². The van der Waals surface area contributed by atoms with E-state index in [0.29, 0.717) is 63.8 Å². The Morgan fingerprint density at radius 2 is 1.86 bits per heavy atom. The number of piperidine rings is 1. The molecule has 2 aliphatic heterocycles. The number of anilines is 1. The van der Waals surface area contributed by atoms with Crippen molar-refractivity contribution in [3.8, 4) is 0 Å². The third-order valence-corrected chi connectivity index (χ3v) is 8.44. The zero-order valence-electron chi connectivity index (χ0n) is 16.6. The molecule has 2 saturated heterocycles. The highest BCUT2D eigenvalue weighted by molar-refractivity contribution is 7.91. The summed E-state index contributed by atoms with van der Waals surface area (Å²) in [5, 5.41) is 6.18. The second kappa shape index (κ2) is 9.88. The molecule has 2 fully saturated rings. The molecule has 0 spiro atoms. The third-order valence-electron chi connectivity index (χ3n) is 5.08. The summed E-state index contributed by atoms with van der Waals surface area (Å²) in [5.74, 6) is 0.000678. The van der Waals surface area contributed by atoms with Crippen LogP contribution >= 0.6 is 11.3 Å². The van der Waals surface area contributed by atoms with E-state index < -0.39 is 10.0 Å². The zero-order chi connectivity index (χ0) is 20.9. The van der Waals surface area contributed by atoms with Gasteiger partial charge in [-0.2, -0.15) is 4.31 Å². The first-order chi connectivity index (χ1) is 13.9. The highest BCUT2D eigenvalue weighted by atomic mass is 32.2. The molecular weight excluding hydrogens is 416 g/mol. The van der Waals surface area contributed by atoms with Crippen LogP contribution in [0.25, 0.3) is 0 Å². The van der Waals surface area contributed by atoms with Gasteiger partial charge in [-0.25, -0.2) is 13.2 Å². The van der Waals surface area contributed by atoms with Crippen LogP contribution in [0.4, 0.5) is 9.80 Å². The molecule has 3 rings (SSSR count). The molecule has 3 amide bonds. The normalized spacial score (nSPS) is 19.1. The van der Waals surface area contributed by atoms with E-state index in [-0.39, 0.29) is 22.1 Å². The number of thiophene rings is 1. The Balaban J connectivity index is 1.52. The summed E-state index contributed by atoms with van der Waals surface area (Å²) in [6.07, 6.45) is 2.16. The van der Waals surface area contributed by atoms with Gasteiger partial charge in [-0.3, -0.25) is 10.1 Å². The maximum absolute atomic E-state index is 12.7. The lowest BCUT2D eigenvalue weighted by molar-refractivity contribution is -0.126. The first-order valence-electron chi connectivity index (χ1n) is 9.93. The highest BCUT2D eigenvalue weighted by Gasteiger charge is 2.29. The Kier molecular flexibility index (Phi) is 7.49. The number of carbonyl (C=O) groups excluding carboxylic acids is 2. The van der Waals surface area contributed by atoms with Gasteiger partial charge in [0.05, 0.1) is 18.2 Å². The van der Waals surface area contributed by atoms with Gasteiger partial charge >= 0.3 is 6.03 Å². The molecule has 0 saturated carbocycles. The molecule has 29 heavy (non-hydrogen) atoms. The molecule has 1 aromatic heterocycles. The maximum Gasteiger partial charge on any atom is 0.322 e. The topological polar surface area (TPSA) is 108 Å². The smallest absolute Gasteiger partial charge is 0.322 e. The van der Waals surface area contributed by atoms with Crippen LogP contribution < -0.4 is 10.6 Å². The number of ether oxygens (including phenoxy) is 1. The van der Waals surface area contributed by atoms with Crippen molar-refractivity contribution >= 4 is 38.3 Å². The van der Waals surface area contributed by atoms with Crippen LogP contribution in [-0.4, -0.2) is 75.5 Å². The summed E-state index contributed by atoms with van der Waals surface area (Å²) in [6, 6.07) is 2.87. The van der Waals surface area contributed by atoms with E-state index in [9.17, 15) is 18.0 Å². The summed E-state index contributed by atoms with van der Waals surface area (Å²) < 4.78 is 32.2. The minimum Gasteiger partial charge on any atom is -0.379 e. The van der Waals surface area contributed by atoms with Crippen LogP contribution in [0.3, 0.4) is 0 Å². The SMILES string of the molecule is CCCNC(=O)C1CCN(C(=O)Nc2ccc(S(=O)(=O)N3CCOCC3)s2)CC1. The van der Waals surface area contributed by atoms with Crippen molar-refractivity contribution in [1.82, 2.24) is 14.5 Å². The number of likely N-dealkylation sites (tertiary alicyclic amines) is 1. The second-order valence-electron chi connectivity index (χ2n) is 7.12. The number of nitrogens with one attached hydrogen (secondary N) is 2. The predicted molar refractivity (Wildman–Crippen MR) is 111 cm³/mol. The summed E-state index contributed by atoms with van der Waals surface area (Å²) in [4.78, 5) is 26.2. The Morgan fingerprint density at radius 3 is 2.52 bits per heavy atom. The zero-order valence-corrected chi connectivity index (χ0v) is 18.2. The molecule has 0 bridgehead atoms. The summed E-state index contributed by atoms with van der Waals surface area (Å²) >= 11 is 1.05. The number of rotatable bonds is 6. The Bertz CT molecular complexity index is 812. The number of amides is 3. The van der Waals surface area contributed by atoms with Crippen molar-refractivity contribution < 1.29 is 22.7 Å². The maximum atomic E-state index is 12.7. The lowest BCUT2D eigenvalue weighted by Gasteiger charge is -2.31. The minimum absolute atomic E-state index is 0.0578. The molecule has 0 atom stereocenters. The molecule has 9 nitrogen and oxygen atoms in total. The van der Waals surface area contributed by atoms with E-state index in [4.69, 9.17) is 4.74 Å². The van der Waals surface area contributed by atoms with Gasteiger partial charge in [0.15, 0.2) is 0 Å². The molecule has 0 radical (unpaired) electrons. The van der Waals surface area contributed by atoms with Gasteiger partial charge in [-0.05, 0) is 31.4 Å². The number of morpholine rings is 1. The standard InChI is InChI=1S/C18H28N4O5S2/c1-2-7-19-17(23)14-5-8-21(9-6-14)18(24)20-15-3-4-16(28-15)29(25,26)22-10-12-27-13-11-22/h3-4,14H,2,5-13H2,1H3,(H,19,23)(H,20,24). The fourth-order valence-electron chi connectivity index (χ4n) is 3.36. The summed E-state index contributed by atoms with van der Waals surface area (Å²) in [7, 11) is -3.56. The Hall–Kier alpha value is -1.69. The average molecular weight is 445 g/mol. The molecule has 0 unspecified atom stereocenters. The fourth-order valence-corrected chi connectivity index (χ4v) is 6.12. The molecule has 3 heterocycles. The van der Waals surface area contributed by atoms with Crippen LogP contribution in [0.5, 0.6) is 0 Å². The Labute approximate surface area is 175 Å². The first kappa shape index (κ1) is 22.0. The average Bonchev–Trinajstić information content (AvgIpc) is 3.22. The fraction of sp³-hybridized carbons (Fsp3) is 0.667. The van der Waals surface area contributed by atoms with E-state index in [1.165, 1.54) is 10.4 Å². The monoisotopic (exact) mass is 444 g/mol. The number of carbonyl (C=O) groups is 2. The van der Waals surface area contributed by atoms with E-state index in [2.05, 4.69) is 10.6 Å². The highest BCUT2D eigenvalue weighted by Crippen LogP contribution is 2.29. The number of nitrogens with zero attached hydrogens (tertiary/aromatic N) is 2. The summed E-state index contributed by atoms with van der Waals surface area (Å²) in [5.41, 5.74) is 0. The number of hydrogen-bond donors (Lipinski definition) is 2. The third kappa shape index (κ3) is 5.47. The molecular formula is C18H28N4O5S2. The molecule has 2 N–H and O–H groups in total. The van der Waals surface area contributed by atoms with Crippen molar-refractivity contribution in [3.05, 3.63) is 12.1 Å². The van der Waals surface area contributed by atoms with Crippen molar-refractivity contribution in [2.75, 3.05) is 51.3 Å². The second-order valence-corrected chi connectivity index (χ2v) is 10.4. The molecule has 1 aromatic rings. The van der Waals surface area contributed by atoms with Crippen molar-refractivity contribution in [2.24, 2.45) is 5.92 Å². The van der Waals surface area contributed by atoms with Crippen molar-refractivity contribution in [1.29, 1.82) is 0 Å². The van der Waals surface area contributed by atoms with Gasteiger partial charge in [-0.1, -0.05) is 6.92 Å². The van der Waals surface area contributed by atoms with Crippen LogP contribution in [0.1, 0.15) is 26.2 Å². The largest absolute Gasteiger partial charge is 0.379 e. The lowest BCUT2D eigenvalue weighted by atomic mass is 9.96. The molecule has 162 valence electrons. The van der Waals surface area contributed by atoms with E-state index in [1.807, 2.05) is 6.92 Å². The molecule has 0 aromatic carbocycles. The molecule has 0 aliphatic carbocycles. The van der Waals surface area contributed by atoms with Crippen molar-refractivity contribution in [2.45, 2.75) is 30.4 Å². The minimum atomic E-state index is -3.56. The quantitative estimate of drug-likeness (QED) is 0.692. The lowest BCUT2D eigenvalue weighted by Crippen LogP contribution is -2.44. The first-order valence-corrected chi connectivity index (χ1v) is 12.2. The van der Waals surface area contributed by atoms with E-state index in [0.717, 1.165) is 17.8 Å². The van der Waals surface area contributed by atoms with Gasteiger partial charge in [0, 0.05) is 38.6 Å². The van der Waals surface area contributed by atoms with Gasteiger partial charge in [0.25, 0.3) is 10.0 Å². The van der Waals surface area contributed by atoms with Gasteiger partial charge in [0.1, 0.15) is 4.21 Å². The molecule has 2 aliphatic rings. The number of urea groups is 1. The van der Waals surface area contributed by atoms with Gasteiger partial charge in [0.2, 0.25) is 5.91 Å². The van der Waals surface area contributed by atoms with Gasteiger partial charge < -0.3 is 15.0 Å². The number of sulfonamides is 1.